The minimum Gasteiger partial charge on any atom is -0.397 e. The Kier molecular flexibility index (Phi) is 1.92. The molecule has 4 heteroatoms. The molecule has 0 saturated carbocycles. The van der Waals surface area contributed by atoms with Gasteiger partial charge >= 0.3 is 0 Å². The first-order valence-electron chi connectivity index (χ1n) is 3.46. The lowest BCUT2D eigenvalue weighted by Gasteiger charge is -2.09. The molecular formula is C8H10F2N2. The van der Waals surface area contributed by atoms with Crippen molar-refractivity contribution in [3.8, 4) is 0 Å². The molecule has 0 aliphatic rings. The maximum absolute atomic E-state index is 12.9. The SMILES string of the molecule is Cc1c(N)c(N)c(C)c(F)c1F. The Balaban J connectivity index is 3.60. The normalized spacial score (nSPS) is 10.3. The van der Waals surface area contributed by atoms with Gasteiger partial charge in [-0.2, -0.15) is 0 Å². The number of nitrogens with two attached hydrogens (primary N) is 2. The van der Waals surface area contributed by atoms with Gasteiger partial charge in [0.25, 0.3) is 0 Å². The molecule has 0 radical (unpaired) electrons. The van der Waals surface area contributed by atoms with Gasteiger partial charge in [0.2, 0.25) is 0 Å². The van der Waals surface area contributed by atoms with Gasteiger partial charge in [0.15, 0.2) is 11.6 Å². The fourth-order valence-electron chi connectivity index (χ4n) is 0.970. The predicted molar refractivity (Wildman–Crippen MR) is 44.7 cm³/mol. The monoisotopic (exact) mass is 172 g/mol. The lowest BCUT2D eigenvalue weighted by molar-refractivity contribution is 0.499. The zero-order valence-corrected chi connectivity index (χ0v) is 6.91. The molecular weight excluding hydrogens is 162 g/mol. The molecule has 0 atom stereocenters. The molecule has 1 aromatic rings. The van der Waals surface area contributed by atoms with Crippen molar-refractivity contribution in [1.82, 2.24) is 0 Å². The van der Waals surface area contributed by atoms with Crippen LogP contribution in [0, 0.1) is 25.5 Å². The van der Waals surface area contributed by atoms with E-state index < -0.39 is 11.6 Å². The molecule has 0 bridgehead atoms. The van der Waals surface area contributed by atoms with Gasteiger partial charge in [-0.3, -0.25) is 0 Å². The highest BCUT2D eigenvalue weighted by atomic mass is 19.2. The summed E-state index contributed by atoms with van der Waals surface area (Å²) in [6.07, 6.45) is 0. The van der Waals surface area contributed by atoms with Crippen molar-refractivity contribution in [2.45, 2.75) is 13.8 Å². The number of anilines is 2. The smallest absolute Gasteiger partial charge is 0.164 e. The van der Waals surface area contributed by atoms with E-state index in [4.69, 9.17) is 11.5 Å². The number of hydrogen-bond donors (Lipinski definition) is 2. The van der Waals surface area contributed by atoms with Crippen molar-refractivity contribution >= 4 is 11.4 Å². The van der Waals surface area contributed by atoms with Gasteiger partial charge in [0.05, 0.1) is 11.4 Å². The standard InChI is InChI=1S/C8H10F2N2/c1-3-5(9)6(10)4(2)8(12)7(3)11/h11-12H2,1-2H3. The third-order valence-electron chi connectivity index (χ3n) is 1.95. The molecule has 1 aromatic carbocycles. The van der Waals surface area contributed by atoms with Crippen LogP contribution in [0.15, 0.2) is 0 Å². The highest BCUT2D eigenvalue weighted by molar-refractivity contribution is 5.71. The second-order valence-corrected chi connectivity index (χ2v) is 2.71. The van der Waals surface area contributed by atoms with Crippen molar-refractivity contribution in [2.75, 3.05) is 11.5 Å². The molecule has 0 aromatic heterocycles. The van der Waals surface area contributed by atoms with E-state index in [1.165, 1.54) is 13.8 Å². The Bertz CT molecular complexity index is 229. The minimum atomic E-state index is -0.917. The van der Waals surface area contributed by atoms with Gasteiger partial charge in [0, 0.05) is 11.1 Å². The second kappa shape index (κ2) is 2.62. The van der Waals surface area contributed by atoms with Crippen molar-refractivity contribution in [3.05, 3.63) is 22.8 Å². The first-order valence-corrected chi connectivity index (χ1v) is 3.46. The van der Waals surface area contributed by atoms with Gasteiger partial charge < -0.3 is 11.5 Å². The molecule has 0 fully saturated rings. The summed E-state index contributed by atoms with van der Waals surface area (Å²) in [6.45, 7) is 2.78. The number of halogens is 2. The summed E-state index contributed by atoms with van der Waals surface area (Å²) < 4.78 is 25.8. The molecule has 0 spiro atoms. The molecule has 0 amide bonds. The van der Waals surface area contributed by atoms with E-state index in [1.807, 2.05) is 0 Å². The van der Waals surface area contributed by atoms with Crippen molar-refractivity contribution in [3.63, 3.8) is 0 Å². The topological polar surface area (TPSA) is 52.0 Å². The third-order valence-corrected chi connectivity index (χ3v) is 1.95. The molecule has 12 heavy (non-hydrogen) atoms. The first kappa shape index (κ1) is 8.77. The predicted octanol–water partition coefficient (Wildman–Crippen LogP) is 1.75. The Hall–Kier alpha value is -1.32. The molecule has 0 saturated heterocycles. The molecule has 0 unspecified atom stereocenters. The van der Waals surface area contributed by atoms with Crippen LogP contribution in [0.2, 0.25) is 0 Å². The highest BCUT2D eigenvalue weighted by Gasteiger charge is 2.15. The van der Waals surface area contributed by atoms with Crippen molar-refractivity contribution in [2.24, 2.45) is 0 Å². The first-order chi connectivity index (χ1) is 5.46. The van der Waals surface area contributed by atoms with E-state index in [-0.39, 0.29) is 22.5 Å². The largest absolute Gasteiger partial charge is 0.397 e. The van der Waals surface area contributed by atoms with Crippen LogP contribution in [-0.4, -0.2) is 0 Å². The van der Waals surface area contributed by atoms with Crippen LogP contribution in [0.4, 0.5) is 20.2 Å². The molecule has 0 aliphatic carbocycles. The summed E-state index contributed by atoms with van der Waals surface area (Å²) in [4.78, 5) is 0. The van der Waals surface area contributed by atoms with Crippen LogP contribution in [0.5, 0.6) is 0 Å². The van der Waals surface area contributed by atoms with E-state index in [9.17, 15) is 8.78 Å². The average Bonchev–Trinajstić information content (AvgIpc) is 2.08. The van der Waals surface area contributed by atoms with E-state index in [0.717, 1.165) is 0 Å². The summed E-state index contributed by atoms with van der Waals surface area (Å²) in [5.74, 6) is -1.83. The quantitative estimate of drug-likeness (QED) is 0.586. The van der Waals surface area contributed by atoms with E-state index in [0.29, 0.717) is 0 Å². The lowest BCUT2D eigenvalue weighted by atomic mass is 10.1. The number of nitrogen functional groups attached to an aromatic ring is 2. The lowest BCUT2D eigenvalue weighted by Crippen LogP contribution is -2.05. The zero-order valence-electron chi connectivity index (χ0n) is 6.91. The fraction of sp³-hybridized carbons (Fsp3) is 0.250. The van der Waals surface area contributed by atoms with Gasteiger partial charge in [-0.15, -0.1) is 0 Å². The Morgan fingerprint density at radius 3 is 1.33 bits per heavy atom. The van der Waals surface area contributed by atoms with Gasteiger partial charge in [-0.05, 0) is 13.8 Å². The van der Waals surface area contributed by atoms with Crippen molar-refractivity contribution < 1.29 is 8.78 Å². The Morgan fingerprint density at radius 2 is 1.08 bits per heavy atom. The maximum atomic E-state index is 12.9. The number of rotatable bonds is 0. The molecule has 0 aliphatic heterocycles. The highest BCUT2D eigenvalue weighted by Crippen LogP contribution is 2.28. The summed E-state index contributed by atoms with van der Waals surface area (Å²) in [6, 6.07) is 0. The molecule has 4 N–H and O–H groups in total. The van der Waals surface area contributed by atoms with Gasteiger partial charge in [0.1, 0.15) is 0 Å². The minimum absolute atomic E-state index is 0.0654. The summed E-state index contributed by atoms with van der Waals surface area (Å²) in [7, 11) is 0. The average molecular weight is 172 g/mol. The fourth-order valence-corrected chi connectivity index (χ4v) is 0.970. The molecule has 1 rings (SSSR count). The van der Waals surface area contributed by atoms with Crippen molar-refractivity contribution in [1.29, 1.82) is 0 Å². The zero-order chi connectivity index (χ0) is 9.46. The van der Waals surface area contributed by atoms with Crippen LogP contribution in [0.25, 0.3) is 0 Å². The van der Waals surface area contributed by atoms with Crippen LogP contribution in [0.3, 0.4) is 0 Å². The molecule has 0 heterocycles. The van der Waals surface area contributed by atoms with Gasteiger partial charge in [-0.1, -0.05) is 0 Å². The molecule has 66 valence electrons. The van der Waals surface area contributed by atoms with Crippen LogP contribution in [-0.2, 0) is 0 Å². The van der Waals surface area contributed by atoms with E-state index >= 15 is 0 Å². The second-order valence-electron chi connectivity index (χ2n) is 2.71. The van der Waals surface area contributed by atoms with Crippen LogP contribution in [0.1, 0.15) is 11.1 Å². The van der Waals surface area contributed by atoms with Crippen LogP contribution < -0.4 is 11.5 Å². The number of hydrogen-bond acceptors (Lipinski definition) is 2. The van der Waals surface area contributed by atoms with Crippen LogP contribution >= 0.6 is 0 Å². The Labute approximate surface area is 69.2 Å². The van der Waals surface area contributed by atoms with Gasteiger partial charge in [-0.25, -0.2) is 8.78 Å². The van der Waals surface area contributed by atoms with E-state index in [2.05, 4.69) is 0 Å². The Morgan fingerprint density at radius 1 is 0.833 bits per heavy atom. The third kappa shape index (κ3) is 0.995. The number of benzene rings is 1. The van der Waals surface area contributed by atoms with E-state index in [1.54, 1.807) is 0 Å². The summed E-state index contributed by atoms with van der Waals surface area (Å²) in [5.41, 5.74) is 11.2. The molecule has 2 nitrogen and oxygen atoms in total. The maximum Gasteiger partial charge on any atom is 0.164 e. The summed E-state index contributed by atoms with van der Waals surface area (Å²) in [5, 5.41) is 0. The summed E-state index contributed by atoms with van der Waals surface area (Å²) >= 11 is 0.